The molecule has 94 valence electrons. The Morgan fingerprint density at radius 2 is 1.69 bits per heavy atom. The van der Waals surface area contributed by atoms with E-state index in [2.05, 4.69) is 6.92 Å². The Labute approximate surface area is 99.7 Å². The van der Waals surface area contributed by atoms with Gasteiger partial charge < -0.3 is 9.47 Å². The van der Waals surface area contributed by atoms with Crippen molar-refractivity contribution in [2.75, 3.05) is 27.4 Å². The molecule has 2 aliphatic carbocycles. The van der Waals surface area contributed by atoms with Gasteiger partial charge >= 0.3 is 0 Å². The minimum Gasteiger partial charge on any atom is -0.384 e. The minimum absolute atomic E-state index is 0.313. The van der Waals surface area contributed by atoms with Crippen molar-refractivity contribution in [3.63, 3.8) is 0 Å². The number of ether oxygens (including phenoxy) is 2. The van der Waals surface area contributed by atoms with Gasteiger partial charge in [-0.15, -0.1) is 0 Å². The number of hydrogen-bond acceptors (Lipinski definition) is 2. The summed E-state index contributed by atoms with van der Waals surface area (Å²) in [6.45, 7) is 4.19. The Kier molecular flexibility index (Phi) is 3.91. The topological polar surface area (TPSA) is 18.5 Å². The van der Waals surface area contributed by atoms with Gasteiger partial charge in [0.05, 0.1) is 13.2 Å². The molecule has 0 aromatic rings. The van der Waals surface area contributed by atoms with E-state index in [-0.39, 0.29) is 0 Å². The highest BCUT2D eigenvalue weighted by atomic mass is 16.5. The molecule has 2 nitrogen and oxygen atoms in total. The lowest BCUT2D eigenvalue weighted by atomic mass is 9.70. The summed E-state index contributed by atoms with van der Waals surface area (Å²) >= 11 is 0. The van der Waals surface area contributed by atoms with Gasteiger partial charge in [-0.25, -0.2) is 0 Å². The molecule has 2 saturated carbocycles. The fraction of sp³-hybridized carbons (Fsp3) is 1.00. The van der Waals surface area contributed by atoms with Gasteiger partial charge in [0.2, 0.25) is 0 Å². The van der Waals surface area contributed by atoms with E-state index in [1.54, 1.807) is 0 Å². The van der Waals surface area contributed by atoms with E-state index in [0.29, 0.717) is 5.41 Å². The standard InChI is InChI=1S/C14H26O2/c1-11-8-14(9-15-2,10-16-3)13-7-5-4-6-12(11)13/h11-13H,4-10H2,1-3H3/t11-,12+,13+/m1/s1. The van der Waals surface area contributed by atoms with Crippen LogP contribution in [0, 0.1) is 23.2 Å². The van der Waals surface area contributed by atoms with Crippen LogP contribution in [-0.4, -0.2) is 27.4 Å². The molecule has 2 rings (SSSR count). The zero-order valence-corrected chi connectivity index (χ0v) is 11.0. The molecular weight excluding hydrogens is 200 g/mol. The lowest BCUT2D eigenvalue weighted by Crippen LogP contribution is -2.38. The van der Waals surface area contributed by atoms with Crippen molar-refractivity contribution in [2.24, 2.45) is 23.2 Å². The molecule has 0 aromatic heterocycles. The van der Waals surface area contributed by atoms with Crippen molar-refractivity contribution in [2.45, 2.75) is 39.0 Å². The summed E-state index contributed by atoms with van der Waals surface area (Å²) in [4.78, 5) is 0. The largest absolute Gasteiger partial charge is 0.384 e. The molecule has 2 fully saturated rings. The first-order valence-corrected chi connectivity index (χ1v) is 6.71. The second kappa shape index (κ2) is 5.05. The van der Waals surface area contributed by atoms with Gasteiger partial charge in [0.1, 0.15) is 0 Å². The first-order valence-electron chi connectivity index (χ1n) is 6.71. The summed E-state index contributed by atoms with van der Waals surface area (Å²) in [7, 11) is 3.66. The molecule has 16 heavy (non-hydrogen) atoms. The van der Waals surface area contributed by atoms with Crippen LogP contribution >= 0.6 is 0 Å². The van der Waals surface area contributed by atoms with Crippen LogP contribution in [0.3, 0.4) is 0 Å². The Morgan fingerprint density at radius 3 is 2.31 bits per heavy atom. The summed E-state index contributed by atoms with van der Waals surface area (Å²) in [5.41, 5.74) is 0.313. The monoisotopic (exact) mass is 226 g/mol. The van der Waals surface area contributed by atoms with Crippen LogP contribution in [0.15, 0.2) is 0 Å². The summed E-state index contributed by atoms with van der Waals surface area (Å²) in [5.74, 6) is 2.63. The van der Waals surface area contributed by atoms with Crippen molar-refractivity contribution >= 4 is 0 Å². The van der Waals surface area contributed by atoms with E-state index in [0.717, 1.165) is 31.0 Å². The third-order valence-electron chi connectivity index (χ3n) is 4.93. The smallest absolute Gasteiger partial charge is 0.0543 e. The highest BCUT2D eigenvalue weighted by Gasteiger charge is 2.52. The minimum atomic E-state index is 0.313. The summed E-state index contributed by atoms with van der Waals surface area (Å²) in [6, 6.07) is 0. The van der Waals surface area contributed by atoms with Gasteiger partial charge in [-0.2, -0.15) is 0 Å². The molecule has 0 N–H and O–H groups in total. The molecule has 0 unspecified atom stereocenters. The fourth-order valence-corrected chi connectivity index (χ4v) is 4.49. The Balaban J connectivity index is 2.17. The molecule has 0 amide bonds. The van der Waals surface area contributed by atoms with Crippen molar-refractivity contribution < 1.29 is 9.47 Å². The SMILES string of the molecule is COCC1(COC)C[C@@H](C)[C@@H]2CCCC[C@@H]21. The maximum atomic E-state index is 5.50. The van der Waals surface area contributed by atoms with Gasteiger partial charge in [-0.05, 0) is 37.0 Å². The van der Waals surface area contributed by atoms with E-state index in [4.69, 9.17) is 9.47 Å². The maximum absolute atomic E-state index is 5.50. The third kappa shape index (κ3) is 2.02. The van der Waals surface area contributed by atoms with Gasteiger partial charge in [0, 0.05) is 19.6 Å². The molecule has 2 aliphatic rings. The molecule has 2 heteroatoms. The molecular formula is C14H26O2. The van der Waals surface area contributed by atoms with Gasteiger partial charge in [-0.3, -0.25) is 0 Å². The predicted octanol–water partition coefficient (Wildman–Crippen LogP) is 3.11. The Hall–Kier alpha value is -0.0800. The number of hydrogen-bond donors (Lipinski definition) is 0. The maximum Gasteiger partial charge on any atom is 0.0543 e. The van der Waals surface area contributed by atoms with Gasteiger partial charge in [0.25, 0.3) is 0 Å². The van der Waals surface area contributed by atoms with Crippen molar-refractivity contribution in [1.82, 2.24) is 0 Å². The second-order valence-electron chi connectivity index (χ2n) is 5.96. The van der Waals surface area contributed by atoms with Crippen molar-refractivity contribution in [1.29, 1.82) is 0 Å². The Bertz CT molecular complexity index is 221. The summed E-state index contributed by atoms with van der Waals surface area (Å²) in [5, 5.41) is 0. The molecule has 0 saturated heterocycles. The van der Waals surface area contributed by atoms with E-state index in [1.807, 2.05) is 14.2 Å². The molecule has 0 radical (unpaired) electrons. The average molecular weight is 226 g/mol. The zero-order valence-electron chi connectivity index (χ0n) is 11.0. The quantitative estimate of drug-likeness (QED) is 0.733. The fourth-order valence-electron chi connectivity index (χ4n) is 4.49. The summed E-state index contributed by atoms with van der Waals surface area (Å²) in [6.07, 6.45) is 6.96. The molecule has 0 bridgehead atoms. The van der Waals surface area contributed by atoms with Crippen LogP contribution < -0.4 is 0 Å². The molecule has 3 atom stereocenters. The van der Waals surface area contributed by atoms with Crippen molar-refractivity contribution in [3.8, 4) is 0 Å². The third-order valence-corrected chi connectivity index (χ3v) is 4.93. The molecule has 0 heterocycles. The molecule has 0 aliphatic heterocycles. The van der Waals surface area contributed by atoms with Gasteiger partial charge in [-0.1, -0.05) is 19.8 Å². The molecule has 0 spiro atoms. The second-order valence-corrected chi connectivity index (χ2v) is 5.96. The van der Waals surface area contributed by atoms with E-state index in [1.165, 1.54) is 32.1 Å². The highest BCUT2D eigenvalue weighted by molar-refractivity contribution is 5.00. The van der Waals surface area contributed by atoms with Crippen LogP contribution in [0.4, 0.5) is 0 Å². The van der Waals surface area contributed by atoms with E-state index >= 15 is 0 Å². The lowest BCUT2D eigenvalue weighted by molar-refractivity contribution is -0.0300. The summed E-state index contributed by atoms with van der Waals surface area (Å²) < 4.78 is 11.0. The van der Waals surface area contributed by atoms with Crippen LogP contribution in [0.25, 0.3) is 0 Å². The van der Waals surface area contributed by atoms with Crippen LogP contribution in [0.1, 0.15) is 39.0 Å². The van der Waals surface area contributed by atoms with E-state index < -0.39 is 0 Å². The zero-order chi connectivity index (χ0) is 11.6. The van der Waals surface area contributed by atoms with E-state index in [9.17, 15) is 0 Å². The Morgan fingerprint density at radius 1 is 1.06 bits per heavy atom. The number of fused-ring (bicyclic) bond motifs is 1. The number of methoxy groups -OCH3 is 2. The highest BCUT2D eigenvalue weighted by Crippen LogP contribution is 2.56. The molecule has 0 aromatic carbocycles. The van der Waals surface area contributed by atoms with Gasteiger partial charge in [0.15, 0.2) is 0 Å². The van der Waals surface area contributed by atoms with Crippen LogP contribution in [-0.2, 0) is 9.47 Å². The van der Waals surface area contributed by atoms with Crippen LogP contribution in [0.5, 0.6) is 0 Å². The first-order chi connectivity index (χ1) is 7.73. The van der Waals surface area contributed by atoms with Crippen LogP contribution in [0.2, 0.25) is 0 Å². The first kappa shape index (κ1) is 12.4. The normalized spacial score (nSPS) is 37.3. The number of rotatable bonds is 4. The van der Waals surface area contributed by atoms with Crippen molar-refractivity contribution in [3.05, 3.63) is 0 Å². The lowest BCUT2D eigenvalue weighted by Gasteiger charge is -2.38. The predicted molar refractivity (Wildman–Crippen MR) is 65.4 cm³/mol. The average Bonchev–Trinajstić information content (AvgIpc) is 2.55.